The molecule has 0 amide bonds. The van der Waals surface area contributed by atoms with Crippen LogP contribution in [0.3, 0.4) is 0 Å². The van der Waals surface area contributed by atoms with Gasteiger partial charge in [-0.15, -0.1) is 0 Å². The van der Waals surface area contributed by atoms with Gasteiger partial charge in [-0.1, -0.05) is 17.4 Å². The SMILES string of the molecule is CCOC(=O)c1c2sc(=O)n(CC)c(=O)c2n2cc(C)ccc12. The van der Waals surface area contributed by atoms with Gasteiger partial charge in [-0.2, -0.15) is 0 Å². The minimum absolute atomic E-state index is 0.227. The summed E-state index contributed by atoms with van der Waals surface area (Å²) < 4.78 is 8.35. The first-order valence-corrected chi connectivity index (χ1v) is 8.16. The molecule has 0 atom stereocenters. The topological polar surface area (TPSA) is 69.8 Å². The van der Waals surface area contributed by atoms with Gasteiger partial charge >= 0.3 is 10.8 Å². The minimum atomic E-state index is -0.520. The second-order valence-electron chi connectivity index (χ2n) is 5.15. The summed E-state index contributed by atoms with van der Waals surface area (Å²) in [5.74, 6) is -0.520. The number of esters is 1. The van der Waals surface area contributed by atoms with Crippen LogP contribution in [0.5, 0.6) is 0 Å². The summed E-state index contributed by atoms with van der Waals surface area (Å²) >= 11 is 0.905. The van der Waals surface area contributed by atoms with Crippen LogP contribution < -0.4 is 10.4 Å². The van der Waals surface area contributed by atoms with Crippen molar-refractivity contribution in [3.8, 4) is 0 Å². The molecule has 3 heterocycles. The Morgan fingerprint density at radius 2 is 2.00 bits per heavy atom. The van der Waals surface area contributed by atoms with Gasteiger partial charge in [0.1, 0.15) is 11.1 Å². The lowest BCUT2D eigenvalue weighted by Crippen LogP contribution is -2.30. The first-order chi connectivity index (χ1) is 11.0. The highest BCUT2D eigenvalue weighted by molar-refractivity contribution is 7.16. The highest BCUT2D eigenvalue weighted by Crippen LogP contribution is 2.27. The van der Waals surface area contributed by atoms with E-state index in [2.05, 4.69) is 0 Å². The number of pyridine rings is 1. The second-order valence-corrected chi connectivity index (χ2v) is 6.11. The van der Waals surface area contributed by atoms with Crippen molar-refractivity contribution in [3.63, 3.8) is 0 Å². The molecule has 0 bridgehead atoms. The molecule has 6 nitrogen and oxygen atoms in total. The number of aromatic nitrogens is 2. The molecule has 0 saturated carbocycles. The fourth-order valence-electron chi connectivity index (χ4n) is 2.67. The number of ether oxygens (including phenoxy) is 1. The highest BCUT2D eigenvalue weighted by atomic mass is 32.1. The van der Waals surface area contributed by atoms with Crippen LogP contribution in [0.2, 0.25) is 0 Å². The van der Waals surface area contributed by atoms with Crippen molar-refractivity contribution in [3.05, 3.63) is 49.5 Å². The van der Waals surface area contributed by atoms with Crippen LogP contribution in [0.15, 0.2) is 27.9 Å². The number of carbonyl (C=O) groups is 1. The largest absolute Gasteiger partial charge is 0.462 e. The van der Waals surface area contributed by atoms with Crippen LogP contribution in [-0.4, -0.2) is 21.5 Å². The summed E-state index contributed by atoms with van der Waals surface area (Å²) in [5.41, 5.74) is 1.76. The van der Waals surface area contributed by atoms with E-state index in [0.717, 1.165) is 16.9 Å². The normalized spacial score (nSPS) is 11.3. The van der Waals surface area contributed by atoms with Crippen LogP contribution in [0.1, 0.15) is 29.8 Å². The molecule has 0 fully saturated rings. The first kappa shape index (κ1) is 15.5. The molecule has 3 aromatic heterocycles. The summed E-state index contributed by atoms with van der Waals surface area (Å²) in [4.78, 5) is 36.9. The fourth-order valence-corrected chi connectivity index (χ4v) is 3.73. The Balaban J connectivity index is 2.58. The third kappa shape index (κ3) is 2.28. The van der Waals surface area contributed by atoms with E-state index in [0.29, 0.717) is 15.7 Å². The van der Waals surface area contributed by atoms with E-state index < -0.39 is 5.97 Å². The molecule has 0 saturated heterocycles. The lowest BCUT2D eigenvalue weighted by atomic mass is 10.2. The molecule has 7 heteroatoms. The van der Waals surface area contributed by atoms with Crippen LogP contribution in [-0.2, 0) is 11.3 Å². The molecular formula is C16H16N2O4S. The number of rotatable bonds is 3. The van der Waals surface area contributed by atoms with Crippen molar-refractivity contribution >= 4 is 33.0 Å². The number of hydrogen-bond donors (Lipinski definition) is 0. The Hall–Kier alpha value is -2.41. The van der Waals surface area contributed by atoms with Crippen LogP contribution >= 0.6 is 11.3 Å². The van der Waals surface area contributed by atoms with E-state index in [1.165, 1.54) is 4.57 Å². The third-order valence-corrected chi connectivity index (χ3v) is 4.69. The molecule has 0 spiro atoms. The maximum atomic E-state index is 12.7. The van der Waals surface area contributed by atoms with Crippen molar-refractivity contribution in [2.24, 2.45) is 0 Å². The number of hydrogen-bond acceptors (Lipinski definition) is 5. The predicted molar refractivity (Wildman–Crippen MR) is 89.7 cm³/mol. The Labute approximate surface area is 135 Å². The van der Waals surface area contributed by atoms with Crippen LogP contribution in [0.4, 0.5) is 0 Å². The Morgan fingerprint density at radius 1 is 1.26 bits per heavy atom. The van der Waals surface area contributed by atoms with Crippen molar-refractivity contribution in [1.29, 1.82) is 0 Å². The van der Waals surface area contributed by atoms with Gasteiger partial charge in [0.2, 0.25) is 0 Å². The maximum absolute atomic E-state index is 12.7. The Morgan fingerprint density at radius 3 is 2.65 bits per heavy atom. The number of aryl methyl sites for hydroxylation is 1. The number of fused-ring (bicyclic) bond motifs is 3. The minimum Gasteiger partial charge on any atom is -0.462 e. The zero-order valence-corrected chi connectivity index (χ0v) is 13.9. The smallest absolute Gasteiger partial charge is 0.341 e. The lowest BCUT2D eigenvalue weighted by Gasteiger charge is -2.01. The molecule has 0 aliphatic rings. The van der Waals surface area contributed by atoms with Gasteiger partial charge in [-0.25, -0.2) is 4.79 Å². The molecule has 0 radical (unpaired) electrons. The molecule has 23 heavy (non-hydrogen) atoms. The summed E-state index contributed by atoms with van der Waals surface area (Å²) in [7, 11) is 0. The van der Waals surface area contributed by atoms with E-state index in [9.17, 15) is 14.4 Å². The van der Waals surface area contributed by atoms with Crippen molar-refractivity contribution in [2.75, 3.05) is 6.61 Å². The maximum Gasteiger partial charge on any atom is 0.341 e. The van der Waals surface area contributed by atoms with Crippen molar-refractivity contribution in [2.45, 2.75) is 27.3 Å². The van der Waals surface area contributed by atoms with Gasteiger partial charge in [0.15, 0.2) is 0 Å². The van der Waals surface area contributed by atoms with E-state index >= 15 is 0 Å². The number of carbonyl (C=O) groups excluding carboxylic acids is 1. The zero-order valence-electron chi connectivity index (χ0n) is 13.1. The lowest BCUT2D eigenvalue weighted by molar-refractivity contribution is 0.0531. The summed E-state index contributed by atoms with van der Waals surface area (Å²) in [6, 6.07) is 3.63. The van der Waals surface area contributed by atoms with Crippen LogP contribution in [0.25, 0.3) is 15.7 Å². The summed E-state index contributed by atoms with van der Waals surface area (Å²) in [6.07, 6.45) is 1.79. The van der Waals surface area contributed by atoms with Crippen molar-refractivity contribution < 1.29 is 9.53 Å². The van der Waals surface area contributed by atoms with Crippen LogP contribution in [0, 0.1) is 6.92 Å². The second kappa shape index (κ2) is 5.66. The summed E-state index contributed by atoms with van der Waals surface area (Å²) in [5, 5.41) is 0. The molecule has 3 aromatic rings. The third-order valence-electron chi connectivity index (χ3n) is 3.69. The molecule has 0 N–H and O–H groups in total. The predicted octanol–water partition coefficient (Wildman–Crippen LogP) is 2.18. The molecule has 0 aliphatic carbocycles. The van der Waals surface area contributed by atoms with Gasteiger partial charge in [-0.3, -0.25) is 14.2 Å². The molecular weight excluding hydrogens is 316 g/mol. The van der Waals surface area contributed by atoms with Crippen molar-refractivity contribution in [1.82, 2.24) is 8.97 Å². The molecule has 3 rings (SSSR count). The zero-order chi connectivity index (χ0) is 16.7. The molecule has 0 aromatic carbocycles. The first-order valence-electron chi connectivity index (χ1n) is 7.35. The molecule has 0 aliphatic heterocycles. The molecule has 0 unspecified atom stereocenters. The van der Waals surface area contributed by atoms with Gasteiger partial charge in [0.25, 0.3) is 5.56 Å². The van der Waals surface area contributed by atoms with Gasteiger partial charge in [-0.05, 0) is 32.4 Å². The average Bonchev–Trinajstić information content (AvgIpc) is 2.81. The van der Waals surface area contributed by atoms with Gasteiger partial charge < -0.3 is 9.14 Å². The average molecular weight is 332 g/mol. The standard InChI is InChI=1S/C16H16N2O4S/c1-4-17-14(19)12-13(23-16(17)21)11(15(20)22-5-2)10-7-6-9(3)8-18(10)12/h6-8H,4-5H2,1-3H3. The highest BCUT2D eigenvalue weighted by Gasteiger charge is 2.23. The van der Waals surface area contributed by atoms with E-state index in [-0.39, 0.29) is 29.1 Å². The van der Waals surface area contributed by atoms with E-state index in [1.807, 2.05) is 13.0 Å². The molecule has 120 valence electrons. The van der Waals surface area contributed by atoms with Gasteiger partial charge in [0, 0.05) is 12.7 Å². The van der Waals surface area contributed by atoms with E-state index in [1.54, 1.807) is 30.5 Å². The summed E-state index contributed by atoms with van der Waals surface area (Å²) in [6.45, 7) is 5.88. The monoisotopic (exact) mass is 332 g/mol. The Kier molecular flexibility index (Phi) is 3.81. The van der Waals surface area contributed by atoms with Gasteiger partial charge in [0.05, 0.1) is 16.8 Å². The number of nitrogens with zero attached hydrogens (tertiary/aromatic N) is 2. The fraction of sp³-hybridized carbons (Fsp3) is 0.312. The Bertz CT molecular complexity index is 1040. The van der Waals surface area contributed by atoms with E-state index in [4.69, 9.17) is 4.74 Å². The quantitative estimate of drug-likeness (QED) is 0.689.